The van der Waals surface area contributed by atoms with E-state index < -0.39 is 0 Å². The van der Waals surface area contributed by atoms with Gasteiger partial charge in [0.25, 0.3) is 0 Å². The maximum absolute atomic E-state index is 2.52. The third-order valence-corrected chi connectivity index (χ3v) is 12.3. The van der Waals surface area contributed by atoms with E-state index in [1.165, 1.54) is 115 Å². The molecule has 2 aliphatic rings. The molecule has 1 aromatic heterocycles. The first-order chi connectivity index (χ1) is 25.6. The summed E-state index contributed by atoms with van der Waals surface area (Å²) in [5.41, 5.74) is 17.1. The van der Waals surface area contributed by atoms with E-state index in [9.17, 15) is 0 Å². The Morgan fingerprint density at radius 1 is 0.423 bits per heavy atom. The molecule has 1 heteroatoms. The zero-order chi connectivity index (χ0) is 34.3. The van der Waals surface area contributed by atoms with E-state index in [4.69, 9.17) is 0 Å². The molecule has 0 radical (unpaired) electrons. The quantitative estimate of drug-likeness (QED) is 0.174. The summed E-state index contributed by atoms with van der Waals surface area (Å²) < 4.78 is 2.52. The van der Waals surface area contributed by atoms with Crippen LogP contribution in [0.1, 0.15) is 25.0 Å². The minimum atomic E-state index is -0.0987. The summed E-state index contributed by atoms with van der Waals surface area (Å²) in [4.78, 5) is 0. The topological polar surface area (TPSA) is 4.93 Å². The maximum atomic E-state index is 2.52. The predicted molar refractivity (Wildman–Crippen MR) is 221 cm³/mol. The molecule has 12 rings (SSSR count). The van der Waals surface area contributed by atoms with Crippen LogP contribution in [0, 0.1) is 0 Å². The SMILES string of the molecule is CC1(C)c2ccccc2-c2c1c1ccccc1c1c2c2ccccc2n1-c1ccc2cc(-c3ccc4c5c(cccc35)-c3ccccc3-4)ccc2c1. The Bertz CT molecular complexity index is 3180. The third kappa shape index (κ3) is 3.48. The zero-order valence-corrected chi connectivity index (χ0v) is 29.0. The van der Waals surface area contributed by atoms with E-state index in [1.807, 2.05) is 0 Å². The van der Waals surface area contributed by atoms with Gasteiger partial charge >= 0.3 is 0 Å². The average molecular weight is 660 g/mol. The van der Waals surface area contributed by atoms with Crippen molar-refractivity contribution in [2.45, 2.75) is 19.3 Å². The number of hydrogen-bond acceptors (Lipinski definition) is 0. The monoisotopic (exact) mass is 659 g/mol. The number of fused-ring (bicyclic) bond motifs is 14. The fourth-order valence-corrected chi connectivity index (χ4v) is 10.1. The summed E-state index contributed by atoms with van der Waals surface area (Å²) in [5, 5.41) is 10.5. The van der Waals surface area contributed by atoms with Crippen molar-refractivity contribution in [2.24, 2.45) is 0 Å². The Kier molecular flexibility index (Phi) is 5.37. The summed E-state index contributed by atoms with van der Waals surface area (Å²) in [6.07, 6.45) is 0. The zero-order valence-electron chi connectivity index (χ0n) is 29.0. The average Bonchev–Trinajstić information content (AvgIpc) is 3.79. The van der Waals surface area contributed by atoms with Crippen molar-refractivity contribution in [1.29, 1.82) is 0 Å². The molecule has 242 valence electrons. The van der Waals surface area contributed by atoms with Gasteiger partial charge in [0.2, 0.25) is 0 Å². The van der Waals surface area contributed by atoms with Crippen molar-refractivity contribution in [3.05, 3.63) is 175 Å². The summed E-state index contributed by atoms with van der Waals surface area (Å²) in [5.74, 6) is 0. The van der Waals surface area contributed by atoms with Gasteiger partial charge < -0.3 is 4.57 Å². The van der Waals surface area contributed by atoms with E-state index in [2.05, 4.69) is 182 Å². The Balaban J connectivity index is 1.09. The second-order valence-electron chi connectivity index (χ2n) is 15.2. The van der Waals surface area contributed by atoms with Crippen LogP contribution in [0.15, 0.2) is 164 Å². The number of aromatic nitrogens is 1. The molecule has 1 nitrogen and oxygen atoms in total. The van der Waals surface area contributed by atoms with Crippen molar-refractivity contribution in [3.8, 4) is 50.2 Å². The molecule has 1 heterocycles. The maximum Gasteiger partial charge on any atom is 0.0625 e. The van der Waals surface area contributed by atoms with Crippen LogP contribution >= 0.6 is 0 Å². The minimum absolute atomic E-state index is 0.0987. The van der Waals surface area contributed by atoms with Crippen LogP contribution < -0.4 is 0 Å². The van der Waals surface area contributed by atoms with E-state index >= 15 is 0 Å². The highest BCUT2D eigenvalue weighted by molar-refractivity contribution is 6.27. The molecular formula is C51H33N. The van der Waals surface area contributed by atoms with Crippen LogP contribution in [0.5, 0.6) is 0 Å². The van der Waals surface area contributed by atoms with Crippen molar-refractivity contribution in [2.75, 3.05) is 0 Å². The summed E-state index contributed by atoms with van der Waals surface area (Å²) >= 11 is 0. The molecular weight excluding hydrogens is 627 g/mol. The first-order valence-corrected chi connectivity index (χ1v) is 18.4. The second-order valence-corrected chi connectivity index (χ2v) is 15.2. The molecule has 0 saturated carbocycles. The van der Waals surface area contributed by atoms with Crippen molar-refractivity contribution in [1.82, 2.24) is 4.57 Å². The molecule has 0 fully saturated rings. The van der Waals surface area contributed by atoms with Crippen LogP contribution in [-0.2, 0) is 5.41 Å². The lowest BCUT2D eigenvalue weighted by Crippen LogP contribution is -2.15. The van der Waals surface area contributed by atoms with Crippen molar-refractivity contribution >= 4 is 54.1 Å². The molecule has 9 aromatic carbocycles. The van der Waals surface area contributed by atoms with E-state index in [0.29, 0.717) is 0 Å². The first-order valence-electron chi connectivity index (χ1n) is 18.4. The van der Waals surface area contributed by atoms with Gasteiger partial charge in [-0.2, -0.15) is 0 Å². The molecule has 0 bridgehead atoms. The van der Waals surface area contributed by atoms with Gasteiger partial charge in [0.1, 0.15) is 0 Å². The molecule has 52 heavy (non-hydrogen) atoms. The number of para-hydroxylation sites is 1. The van der Waals surface area contributed by atoms with Gasteiger partial charge in [-0.3, -0.25) is 0 Å². The van der Waals surface area contributed by atoms with Gasteiger partial charge in [-0.15, -0.1) is 0 Å². The smallest absolute Gasteiger partial charge is 0.0625 e. The van der Waals surface area contributed by atoms with Crippen LogP contribution in [0.25, 0.3) is 104 Å². The minimum Gasteiger partial charge on any atom is -0.309 e. The molecule has 0 atom stereocenters. The van der Waals surface area contributed by atoms with Crippen LogP contribution in [0.2, 0.25) is 0 Å². The van der Waals surface area contributed by atoms with Gasteiger partial charge in [-0.1, -0.05) is 153 Å². The van der Waals surface area contributed by atoms with Crippen molar-refractivity contribution in [3.63, 3.8) is 0 Å². The molecule has 0 saturated heterocycles. The molecule has 0 aliphatic heterocycles. The Morgan fingerprint density at radius 3 is 1.88 bits per heavy atom. The Labute approximate surface area is 302 Å². The Hall–Kier alpha value is -6.44. The fourth-order valence-electron chi connectivity index (χ4n) is 10.1. The van der Waals surface area contributed by atoms with Crippen LogP contribution in [-0.4, -0.2) is 4.57 Å². The highest BCUT2D eigenvalue weighted by Gasteiger charge is 2.39. The summed E-state index contributed by atoms with van der Waals surface area (Å²) in [6.45, 7) is 4.80. The highest BCUT2D eigenvalue weighted by atomic mass is 15.0. The third-order valence-electron chi connectivity index (χ3n) is 12.3. The van der Waals surface area contributed by atoms with E-state index in [0.717, 1.165) is 0 Å². The van der Waals surface area contributed by atoms with Gasteiger partial charge in [-0.25, -0.2) is 0 Å². The van der Waals surface area contributed by atoms with Gasteiger partial charge in [0, 0.05) is 27.3 Å². The van der Waals surface area contributed by atoms with E-state index in [1.54, 1.807) is 0 Å². The molecule has 0 unspecified atom stereocenters. The molecule has 0 spiro atoms. The molecule has 0 amide bonds. The van der Waals surface area contributed by atoms with Gasteiger partial charge in [-0.05, 0) is 107 Å². The van der Waals surface area contributed by atoms with Crippen LogP contribution in [0.3, 0.4) is 0 Å². The van der Waals surface area contributed by atoms with Gasteiger partial charge in [0.05, 0.1) is 11.0 Å². The van der Waals surface area contributed by atoms with Crippen molar-refractivity contribution < 1.29 is 0 Å². The lowest BCUT2D eigenvalue weighted by Gasteiger charge is -2.24. The lowest BCUT2D eigenvalue weighted by atomic mass is 9.79. The number of benzene rings is 9. The number of hydrogen-bond donors (Lipinski definition) is 0. The van der Waals surface area contributed by atoms with Crippen LogP contribution in [0.4, 0.5) is 0 Å². The van der Waals surface area contributed by atoms with E-state index in [-0.39, 0.29) is 5.41 Å². The summed E-state index contributed by atoms with van der Waals surface area (Å²) in [6, 6.07) is 61.4. The molecule has 2 aliphatic carbocycles. The largest absolute Gasteiger partial charge is 0.309 e. The predicted octanol–water partition coefficient (Wildman–Crippen LogP) is 13.9. The second kappa shape index (κ2) is 9.87. The number of nitrogens with zero attached hydrogens (tertiary/aromatic N) is 1. The number of rotatable bonds is 2. The molecule has 10 aromatic rings. The molecule has 0 N–H and O–H groups in total. The summed E-state index contributed by atoms with van der Waals surface area (Å²) in [7, 11) is 0. The van der Waals surface area contributed by atoms with Gasteiger partial charge in [0.15, 0.2) is 0 Å². The highest BCUT2D eigenvalue weighted by Crippen LogP contribution is 2.56. The standard InChI is InChI=1S/C51H33N/c1-51(2)44-20-9-7-16-42(44)47-48-43-17-8-10-21-45(43)52(50(48)41-15-6-5-14-40(41)49(47)51)33-25-24-30-28-32(23-22-31(30)29-33)34-26-27-39-36-13-4-3-12-35(36)38-19-11-18-37(34)46(38)39/h3-29H,1-2H3. The normalized spacial score (nSPS) is 13.7. The first kappa shape index (κ1) is 28.3. The fraction of sp³-hybridized carbons (Fsp3) is 0.0588. The Morgan fingerprint density at radius 2 is 1.04 bits per heavy atom. The lowest BCUT2D eigenvalue weighted by molar-refractivity contribution is 0.666.